The molecule has 1 aromatic rings. The molecule has 2 heterocycles. The van der Waals surface area contributed by atoms with Gasteiger partial charge in [-0.3, -0.25) is 9.89 Å². The first-order valence-corrected chi connectivity index (χ1v) is 10.6. The Morgan fingerprint density at radius 1 is 1.26 bits per heavy atom. The molecular weight excluding hydrogens is 338 g/mol. The fraction of sp³-hybridized carbons (Fsp3) is 0.762. The van der Waals surface area contributed by atoms with Crippen molar-refractivity contribution in [2.75, 3.05) is 46.8 Å². The Hall–Kier alpha value is -1.53. The van der Waals surface area contributed by atoms with Crippen molar-refractivity contribution >= 4 is 5.96 Å². The van der Waals surface area contributed by atoms with Crippen molar-refractivity contribution in [1.82, 2.24) is 20.4 Å². The van der Waals surface area contributed by atoms with Crippen LogP contribution in [0.3, 0.4) is 0 Å². The zero-order valence-electron chi connectivity index (χ0n) is 17.3. The lowest BCUT2D eigenvalue weighted by Crippen LogP contribution is -2.45. The maximum absolute atomic E-state index is 5.76. The van der Waals surface area contributed by atoms with Gasteiger partial charge in [0.2, 0.25) is 0 Å². The average Bonchev–Trinajstić information content (AvgIpc) is 3.36. The van der Waals surface area contributed by atoms with Gasteiger partial charge in [0, 0.05) is 19.1 Å². The third kappa shape index (κ3) is 5.98. The van der Waals surface area contributed by atoms with E-state index < -0.39 is 0 Å². The van der Waals surface area contributed by atoms with Crippen LogP contribution < -0.4 is 10.6 Å². The van der Waals surface area contributed by atoms with Crippen molar-refractivity contribution in [2.45, 2.75) is 51.1 Å². The van der Waals surface area contributed by atoms with Crippen molar-refractivity contribution in [2.24, 2.45) is 10.9 Å². The largest absolute Gasteiger partial charge is 0.468 e. The van der Waals surface area contributed by atoms with Gasteiger partial charge < -0.3 is 20.0 Å². The number of likely N-dealkylation sites (N-methyl/N-ethyl adjacent to an activating group) is 1. The van der Waals surface area contributed by atoms with Crippen molar-refractivity contribution in [1.29, 1.82) is 0 Å². The molecule has 0 bridgehead atoms. The fourth-order valence-electron chi connectivity index (χ4n) is 4.06. The number of rotatable bonds is 9. The zero-order valence-corrected chi connectivity index (χ0v) is 17.3. The maximum atomic E-state index is 5.76. The molecule has 2 atom stereocenters. The summed E-state index contributed by atoms with van der Waals surface area (Å²) >= 11 is 0. The minimum Gasteiger partial charge on any atom is -0.468 e. The molecule has 1 aromatic heterocycles. The van der Waals surface area contributed by atoms with E-state index >= 15 is 0 Å². The van der Waals surface area contributed by atoms with E-state index in [9.17, 15) is 0 Å². The second kappa shape index (κ2) is 10.1. The molecule has 2 aliphatic rings. The molecule has 1 saturated carbocycles. The molecule has 0 radical (unpaired) electrons. The molecule has 0 spiro atoms. The van der Waals surface area contributed by atoms with Gasteiger partial charge in [0.25, 0.3) is 0 Å². The van der Waals surface area contributed by atoms with Crippen LogP contribution in [0.5, 0.6) is 0 Å². The Kier molecular flexibility index (Phi) is 7.59. The Balaban J connectivity index is 1.62. The summed E-state index contributed by atoms with van der Waals surface area (Å²) in [5.41, 5.74) is 0. The van der Waals surface area contributed by atoms with E-state index in [1.165, 1.54) is 32.1 Å². The van der Waals surface area contributed by atoms with Crippen LogP contribution in [0.25, 0.3) is 0 Å². The number of furan rings is 1. The Bertz CT molecular complexity index is 559. The monoisotopic (exact) mass is 375 g/mol. The van der Waals surface area contributed by atoms with E-state index in [2.05, 4.69) is 47.5 Å². The lowest BCUT2D eigenvalue weighted by atomic mass is 10.1. The molecule has 0 amide bonds. The highest BCUT2D eigenvalue weighted by molar-refractivity contribution is 5.79. The van der Waals surface area contributed by atoms with Gasteiger partial charge in [0.05, 0.1) is 18.8 Å². The first-order chi connectivity index (χ1) is 13.2. The fourth-order valence-corrected chi connectivity index (χ4v) is 4.06. The second-order valence-electron chi connectivity index (χ2n) is 8.10. The van der Waals surface area contributed by atoms with Crippen LogP contribution >= 0.6 is 0 Å². The number of hydrogen-bond donors (Lipinski definition) is 2. The Morgan fingerprint density at radius 2 is 2.04 bits per heavy atom. The Morgan fingerprint density at radius 3 is 2.63 bits per heavy atom. The third-order valence-electron chi connectivity index (χ3n) is 5.78. The lowest BCUT2D eigenvalue weighted by Gasteiger charge is -2.33. The maximum Gasteiger partial charge on any atom is 0.191 e. The van der Waals surface area contributed by atoms with Gasteiger partial charge in [-0.05, 0) is 77.8 Å². The third-order valence-corrected chi connectivity index (χ3v) is 5.78. The molecule has 1 aliphatic carbocycles. The van der Waals surface area contributed by atoms with Gasteiger partial charge in [-0.1, -0.05) is 6.42 Å². The summed E-state index contributed by atoms with van der Waals surface area (Å²) in [4.78, 5) is 9.77. The summed E-state index contributed by atoms with van der Waals surface area (Å²) in [6.45, 7) is 6.95. The molecule has 2 N–H and O–H groups in total. The molecule has 27 heavy (non-hydrogen) atoms. The van der Waals surface area contributed by atoms with Gasteiger partial charge in [-0.15, -0.1) is 0 Å². The molecular formula is C21H37N5O. The van der Waals surface area contributed by atoms with Gasteiger partial charge in [-0.25, -0.2) is 0 Å². The summed E-state index contributed by atoms with van der Waals surface area (Å²) in [5, 5.41) is 6.99. The predicted molar refractivity (Wildman–Crippen MR) is 111 cm³/mol. The quantitative estimate of drug-likeness (QED) is 0.513. The Labute approximate surface area is 164 Å². The highest BCUT2D eigenvalue weighted by atomic mass is 16.3. The standard InChI is InChI=1S/C21H37N5O/c1-4-22-21(23-15-18(25(2)3)17-10-11-17)24-16-19(20-9-8-14-27-20)26-12-6-5-7-13-26/h8-9,14,17-19H,4-7,10-13,15-16H2,1-3H3,(H2,22,23,24). The summed E-state index contributed by atoms with van der Waals surface area (Å²) in [5.74, 6) is 2.78. The predicted octanol–water partition coefficient (Wildman–Crippen LogP) is 2.70. The number of likely N-dealkylation sites (tertiary alicyclic amines) is 1. The number of nitrogens with zero attached hydrogens (tertiary/aromatic N) is 3. The lowest BCUT2D eigenvalue weighted by molar-refractivity contribution is 0.146. The van der Waals surface area contributed by atoms with Crippen LogP contribution in [0.1, 0.15) is 50.8 Å². The first-order valence-electron chi connectivity index (χ1n) is 10.6. The summed E-state index contributed by atoms with van der Waals surface area (Å²) in [6, 6.07) is 4.89. The van der Waals surface area contributed by atoms with Crippen LogP contribution in [0.4, 0.5) is 0 Å². The molecule has 3 rings (SSSR count). The van der Waals surface area contributed by atoms with E-state index in [0.29, 0.717) is 6.04 Å². The number of guanidine groups is 1. The second-order valence-corrected chi connectivity index (χ2v) is 8.10. The minimum absolute atomic E-state index is 0.261. The van der Waals surface area contributed by atoms with E-state index in [0.717, 1.165) is 50.4 Å². The van der Waals surface area contributed by atoms with Crippen LogP contribution in [0.2, 0.25) is 0 Å². The van der Waals surface area contributed by atoms with E-state index in [4.69, 9.17) is 9.41 Å². The molecule has 1 saturated heterocycles. The smallest absolute Gasteiger partial charge is 0.191 e. The normalized spacial score (nSPS) is 21.3. The number of aliphatic imine (C=N–C) groups is 1. The van der Waals surface area contributed by atoms with Crippen molar-refractivity contribution in [3.63, 3.8) is 0 Å². The van der Waals surface area contributed by atoms with Gasteiger partial charge in [0.1, 0.15) is 5.76 Å². The number of hydrogen-bond acceptors (Lipinski definition) is 4. The van der Waals surface area contributed by atoms with Crippen molar-refractivity contribution < 1.29 is 4.42 Å². The highest BCUT2D eigenvalue weighted by Gasteiger charge is 2.32. The van der Waals surface area contributed by atoms with Crippen molar-refractivity contribution in [3.05, 3.63) is 24.2 Å². The van der Waals surface area contributed by atoms with E-state index in [1.807, 2.05) is 6.07 Å². The first kappa shape index (κ1) is 20.2. The molecule has 152 valence electrons. The molecule has 6 nitrogen and oxygen atoms in total. The SMILES string of the molecule is CCNC(=NCC(C1CC1)N(C)C)NCC(c1ccco1)N1CCCCC1. The van der Waals surface area contributed by atoms with Gasteiger partial charge >= 0.3 is 0 Å². The van der Waals surface area contributed by atoms with Crippen LogP contribution in [-0.2, 0) is 0 Å². The topological polar surface area (TPSA) is 56.0 Å². The number of nitrogens with one attached hydrogen (secondary N) is 2. The van der Waals surface area contributed by atoms with Crippen molar-refractivity contribution in [3.8, 4) is 0 Å². The summed E-state index contributed by atoms with van der Waals surface area (Å²) in [6.07, 6.45) is 8.36. The zero-order chi connectivity index (χ0) is 19.1. The molecule has 0 aromatic carbocycles. The summed E-state index contributed by atoms with van der Waals surface area (Å²) < 4.78 is 5.76. The summed E-state index contributed by atoms with van der Waals surface area (Å²) in [7, 11) is 4.34. The van der Waals surface area contributed by atoms with E-state index in [1.54, 1.807) is 6.26 Å². The number of piperidine rings is 1. The van der Waals surface area contributed by atoms with Crippen LogP contribution in [0, 0.1) is 5.92 Å². The van der Waals surface area contributed by atoms with Gasteiger partial charge in [-0.2, -0.15) is 0 Å². The molecule has 1 aliphatic heterocycles. The molecule has 2 unspecified atom stereocenters. The average molecular weight is 376 g/mol. The van der Waals surface area contributed by atoms with Crippen LogP contribution in [-0.4, -0.2) is 68.6 Å². The van der Waals surface area contributed by atoms with Gasteiger partial charge in [0.15, 0.2) is 5.96 Å². The molecule has 6 heteroatoms. The minimum atomic E-state index is 0.261. The highest BCUT2D eigenvalue weighted by Crippen LogP contribution is 2.34. The molecule has 2 fully saturated rings. The van der Waals surface area contributed by atoms with E-state index in [-0.39, 0.29) is 6.04 Å². The van der Waals surface area contributed by atoms with Crippen LogP contribution in [0.15, 0.2) is 27.8 Å².